The number of rotatable bonds is 5. The average molecular weight is 379 g/mol. The molecule has 0 radical (unpaired) electrons. The zero-order valence-corrected chi connectivity index (χ0v) is 16.3. The van der Waals surface area contributed by atoms with Gasteiger partial charge in [0, 0.05) is 31.4 Å². The number of nitrogens with zero attached hydrogens (tertiary/aromatic N) is 4. The minimum atomic E-state index is -0.308. The maximum Gasteiger partial charge on any atom is 0.350 e. The molecule has 7 nitrogen and oxygen atoms in total. The number of aromatic nitrogens is 3. The number of nitrogens with one attached hydrogen (secondary N) is 1. The molecular weight excluding hydrogens is 354 g/mol. The molecule has 0 saturated carbocycles. The lowest BCUT2D eigenvalue weighted by molar-refractivity contribution is -0.122. The zero-order valence-electron chi connectivity index (χ0n) is 16.3. The third-order valence-corrected chi connectivity index (χ3v) is 5.49. The van der Waals surface area contributed by atoms with Crippen molar-refractivity contribution < 1.29 is 4.79 Å². The lowest BCUT2D eigenvalue weighted by atomic mass is 9.94. The second-order valence-corrected chi connectivity index (χ2v) is 7.90. The van der Waals surface area contributed by atoms with E-state index in [0.29, 0.717) is 12.2 Å². The first-order valence-corrected chi connectivity index (χ1v) is 9.57. The van der Waals surface area contributed by atoms with Crippen molar-refractivity contribution in [3.8, 4) is 0 Å². The van der Waals surface area contributed by atoms with E-state index in [1.54, 1.807) is 18.3 Å². The topological polar surface area (TPSA) is 71.6 Å². The van der Waals surface area contributed by atoms with E-state index in [1.165, 1.54) is 20.2 Å². The molecule has 2 aromatic heterocycles. The van der Waals surface area contributed by atoms with E-state index in [-0.39, 0.29) is 23.7 Å². The fourth-order valence-electron chi connectivity index (χ4n) is 3.70. The lowest BCUT2D eigenvalue weighted by Crippen LogP contribution is -2.53. The monoisotopic (exact) mass is 379 g/mol. The van der Waals surface area contributed by atoms with Gasteiger partial charge in [0.1, 0.15) is 6.54 Å². The SMILES string of the molecule is CC(C)(CNC(=O)Cn1nc2ccccn2c1=O)N1CCc2ccccc2C1. The van der Waals surface area contributed by atoms with Crippen LogP contribution < -0.4 is 11.0 Å². The average Bonchev–Trinajstić information content (AvgIpc) is 3.02. The molecule has 0 fully saturated rings. The van der Waals surface area contributed by atoms with Gasteiger partial charge in [0.25, 0.3) is 0 Å². The molecule has 3 aromatic rings. The first kappa shape index (κ1) is 18.4. The van der Waals surface area contributed by atoms with Crippen LogP contribution in [0.25, 0.3) is 5.65 Å². The number of amides is 1. The van der Waals surface area contributed by atoms with Gasteiger partial charge in [-0.05, 0) is 43.5 Å². The summed E-state index contributed by atoms with van der Waals surface area (Å²) < 4.78 is 2.64. The number of benzene rings is 1. The van der Waals surface area contributed by atoms with E-state index >= 15 is 0 Å². The lowest BCUT2D eigenvalue weighted by Gasteiger charge is -2.41. The molecule has 0 saturated heterocycles. The molecule has 0 bridgehead atoms. The normalized spacial score (nSPS) is 14.8. The molecule has 0 spiro atoms. The van der Waals surface area contributed by atoms with E-state index in [1.807, 2.05) is 6.07 Å². The van der Waals surface area contributed by atoms with Crippen LogP contribution in [0.1, 0.15) is 25.0 Å². The van der Waals surface area contributed by atoms with Crippen LogP contribution in [0.5, 0.6) is 0 Å². The van der Waals surface area contributed by atoms with Crippen molar-refractivity contribution >= 4 is 11.6 Å². The van der Waals surface area contributed by atoms with Gasteiger partial charge < -0.3 is 5.32 Å². The van der Waals surface area contributed by atoms with Gasteiger partial charge in [-0.15, -0.1) is 5.10 Å². The summed E-state index contributed by atoms with van der Waals surface area (Å²) in [6.45, 7) is 6.54. The quantitative estimate of drug-likeness (QED) is 0.728. The molecule has 1 aliphatic rings. The molecule has 28 heavy (non-hydrogen) atoms. The Hall–Kier alpha value is -2.93. The Kier molecular flexibility index (Phi) is 4.77. The van der Waals surface area contributed by atoms with Gasteiger partial charge in [0.05, 0.1) is 0 Å². The number of fused-ring (bicyclic) bond motifs is 2. The second-order valence-electron chi connectivity index (χ2n) is 7.90. The van der Waals surface area contributed by atoms with Crippen LogP contribution in [0, 0.1) is 0 Å². The maximum atomic E-state index is 12.4. The maximum absolute atomic E-state index is 12.4. The van der Waals surface area contributed by atoms with E-state index in [4.69, 9.17) is 0 Å². The summed E-state index contributed by atoms with van der Waals surface area (Å²) in [6.07, 6.45) is 2.67. The summed E-state index contributed by atoms with van der Waals surface area (Å²) in [6, 6.07) is 13.8. The Morgan fingerprint density at radius 1 is 1.14 bits per heavy atom. The second kappa shape index (κ2) is 7.24. The fraction of sp³-hybridized carbons (Fsp3) is 0.381. The molecule has 0 aliphatic carbocycles. The number of carbonyl (C=O) groups is 1. The van der Waals surface area contributed by atoms with Crippen LogP contribution in [0.2, 0.25) is 0 Å². The highest BCUT2D eigenvalue weighted by atomic mass is 16.2. The number of carbonyl (C=O) groups excluding carboxylic acids is 1. The van der Waals surface area contributed by atoms with E-state index < -0.39 is 0 Å². The van der Waals surface area contributed by atoms with E-state index in [2.05, 4.69) is 53.4 Å². The zero-order chi connectivity index (χ0) is 19.7. The third kappa shape index (κ3) is 3.57. The van der Waals surface area contributed by atoms with Crippen molar-refractivity contribution in [2.75, 3.05) is 13.1 Å². The predicted molar refractivity (Wildman–Crippen MR) is 107 cm³/mol. The van der Waals surface area contributed by atoms with Crippen LogP contribution in [0.15, 0.2) is 53.5 Å². The molecule has 1 amide bonds. The Morgan fingerprint density at radius 2 is 1.89 bits per heavy atom. The summed E-state index contributed by atoms with van der Waals surface area (Å²) in [5, 5.41) is 7.18. The van der Waals surface area contributed by atoms with Crippen molar-refractivity contribution in [1.29, 1.82) is 0 Å². The van der Waals surface area contributed by atoms with Crippen molar-refractivity contribution in [1.82, 2.24) is 24.4 Å². The molecule has 4 rings (SSSR count). The molecular formula is C21H25N5O2. The van der Waals surface area contributed by atoms with Gasteiger partial charge in [-0.1, -0.05) is 30.3 Å². The highest BCUT2D eigenvalue weighted by Crippen LogP contribution is 2.24. The minimum absolute atomic E-state index is 0.0839. The Balaban J connectivity index is 1.38. The Labute approximate surface area is 163 Å². The molecule has 7 heteroatoms. The van der Waals surface area contributed by atoms with Gasteiger partial charge in [-0.2, -0.15) is 0 Å². The smallest absolute Gasteiger partial charge is 0.350 e. The first-order valence-electron chi connectivity index (χ1n) is 9.57. The van der Waals surface area contributed by atoms with Crippen molar-refractivity contribution in [2.45, 2.75) is 38.9 Å². The van der Waals surface area contributed by atoms with Crippen LogP contribution in [0.4, 0.5) is 0 Å². The minimum Gasteiger partial charge on any atom is -0.353 e. The highest BCUT2D eigenvalue weighted by molar-refractivity contribution is 5.75. The molecule has 0 atom stereocenters. The molecule has 146 valence electrons. The van der Waals surface area contributed by atoms with E-state index in [9.17, 15) is 9.59 Å². The predicted octanol–water partition coefficient (Wildman–Crippen LogP) is 1.45. The van der Waals surface area contributed by atoms with Crippen LogP contribution in [-0.2, 0) is 24.3 Å². The molecule has 1 aliphatic heterocycles. The third-order valence-electron chi connectivity index (χ3n) is 5.49. The standard InChI is InChI=1S/C21H25N5O2/c1-21(2,24-12-10-16-7-3-4-8-17(16)13-24)15-22-19(27)14-26-20(28)25-11-6-5-9-18(25)23-26/h3-9,11H,10,12-15H2,1-2H3,(H,22,27). The summed E-state index contributed by atoms with van der Waals surface area (Å²) >= 11 is 0. The summed E-state index contributed by atoms with van der Waals surface area (Å²) in [5.41, 5.74) is 2.80. The summed E-state index contributed by atoms with van der Waals surface area (Å²) in [5.74, 6) is -0.212. The van der Waals surface area contributed by atoms with Gasteiger partial charge >= 0.3 is 5.69 Å². The molecule has 1 aromatic carbocycles. The number of hydrogen-bond donors (Lipinski definition) is 1. The molecule has 0 unspecified atom stereocenters. The van der Waals surface area contributed by atoms with E-state index in [0.717, 1.165) is 19.5 Å². The van der Waals surface area contributed by atoms with Gasteiger partial charge in [-0.3, -0.25) is 14.1 Å². The van der Waals surface area contributed by atoms with Gasteiger partial charge in [0.15, 0.2) is 5.65 Å². The summed E-state index contributed by atoms with van der Waals surface area (Å²) in [4.78, 5) is 27.1. The Bertz CT molecular complexity index is 1070. The van der Waals surface area contributed by atoms with Gasteiger partial charge in [0.2, 0.25) is 5.91 Å². The fourth-order valence-corrected chi connectivity index (χ4v) is 3.70. The number of hydrogen-bond acceptors (Lipinski definition) is 4. The first-order chi connectivity index (χ1) is 13.4. The van der Waals surface area contributed by atoms with Crippen molar-refractivity contribution in [3.63, 3.8) is 0 Å². The van der Waals surface area contributed by atoms with Crippen LogP contribution in [0.3, 0.4) is 0 Å². The molecule has 1 N–H and O–H groups in total. The van der Waals surface area contributed by atoms with Crippen molar-refractivity contribution in [2.24, 2.45) is 0 Å². The molecule has 3 heterocycles. The van der Waals surface area contributed by atoms with Crippen LogP contribution in [-0.4, -0.2) is 43.6 Å². The van der Waals surface area contributed by atoms with Crippen molar-refractivity contribution in [3.05, 3.63) is 70.3 Å². The summed E-state index contributed by atoms with van der Waals surface area (Å²) in [7, 11) is 0. The Morgan fingerprint density at radius 3 is 2.68 bits per heavy atom. The van der Waals surface area contributed by atoms with Gasteiger partial charge in [-0.25, -0.2) is 9.48 Å². The number of pyridine rings is 1. The van der Waals surface area contributed by atoms with Crippen LogP contribution >= 0.6 is 0 Å². The largest absolute Gasteiger partial charge is 0.353 e. The highest BCUT2D eigenvalue weighted by Gasteiger charge is 2.30.